The summed E-state index contributed by atoms with van der Waals surface area (Å²) in [5.74, 6) is 0.469. The molecule has 1 aromatic carbocycles. The van der Waals surface area contributed by atoms with E-state index in [0.717, 1.165) is 34.9 Å². The van der Waals surface area contributed by atoms with E-state index in [1.54, 1.807) is 6.07 Å². The molecule has 2 heterocycles. The van der Waals surface area contributed by atoms with Gasteiger partial charge < -0.3 is 10.3 Å². The molecular formula is C15H15FN4S. The van der Waals surface area contributed by atoms with Crippen molar-refractivity contribution < 1.29 is 4.39 Å². The molecule has 0 spiro atoms. The average Bonchev–Trinajstić information content (AvgIpc) is 3.03. The molecule has 2 aromatic heterocycles. The van der Waals surface area contributed by atoms with E-state index in [1.165, 1.54) is 17.4 Å². The van der Waals surface area contributed by atoms with Gasteiger partial charge in [-0.1, -0.05) is 6.07 Å². The molecule has 0 aliphatic heterocycles. The second kappa shape index (κ2) is 4.61. The minimum absolute atomic E-state index is 0.0979. The molecule has 108 valence electrons. The Morgan fingerprint density at radius 3 is 2.86 bits per heavy atom. The summed E-state index contributed by atoms with van der Waals surface area (Å²) in [6.07, 6.45) is 2.22. The van der Waals surface area contributed by atoms with Gasteiger partial charge in [0.15, 0.2) is 11.6 Å². The summed E-state index contributed by atoms with van der Waals surface area (Å²) in [7, 11) is 0. The van der Waals surface area contributed by atoms with Gasteiger partial charge in [-0.2, -0.15) is 0 Å². The Bertz CT molecular complexity index is 816. The lowest BCUT2D eigenvalue weighted by Gasteiger charge is -2.05. The van der Waals surface area contributed by atoms with Gasteiger partial charge in [0.05, 0.1) is 11.6 Å². The summed E-state index contributed by atoms with van der Waals surface area (Å²) in [4.78, 5) is 9.07. The van der Waals surface area contributed by atoms with Crippen LogP contribution in [0, 0.1) is 5.82 Å². The van der Waals surface area contributed by atoms with Gasteiger partial charge in [0.25, 0.3) is 0 Å². The lowest BCUT2D eigenvalue weighted by atomic mass is 10.3. The van der Waals surface area contributed by atoms with Gasteiger partial charge in [0, 0.05) is 11.4 Å². The Kier molecular flexibility index (Phi) is 2.83. The van der Waals surface area contributed by atoms with E-state index in [9.17, 15) is 4.39 Å². The Labute approximate surface area is 125 Å². The topological polar surface area (TPSA) is 56.7 Å². The summed E-state index contributed by atoms with van der Waals surface area (Å²) < 4.78 is 16.1. The number of benzene rings is 1. The van der Waals surface area contributed by atoms with Crippen LogP contribution in [-0.2, 0) is 0 Å². The van der Waals surface area contributed by atoms with Crippen LogP contribution < -0.4 is 5.73 Å². The molecule has 6 heteroatoms. The fourth-order valence-corrected chi connectivity index (χ4v) is 3.32. The molecule has 21 heavy (non-hydrogen) atoms. The van der Waals surface area contributed by atoms with E-state index in [2.05, 4.69) is 14.5 Å². The van der Waals surface area contributed by atoms with Crippen molar-refractivity contribution in [1.82, 2.24) is 14.5 Å². The van der Waals surface area contributed by atoms with Crippen LogP contribution >= 0.6 is 11.3 Å². The van der Waals surface area contributed by atoms with Gasteiger partial charge in [-0.05, 0) is 31.9 Å². The second-order valence-electron chi connectivity index (χ2n) is 5.50. The number of halogens is 1. The van der Waals surface area contributed by atoms with E-state index in [0.29, 0.717) is 11.6 Å². The molecular weight excluding hydrogens is 287 g/mol. The molecule has 4 rings (SSSR count). The first-order valence-electron chi connectivity index (χ1n) is 7.03. The predicted octanol–water partition coefficient (Wildman–Crippen LogP) is 3.65. The Morgan fingerprint density at radius 2 is 2.19 bits per heavy atom. The van der Waals surface area contributed by atoms with Crippen molar-refractivity contribution in [2.24, 2.45) is 5.73 Å². The van der Waals surface area contributed by atoms with E-state index >= 15 is 0 Å². The zero-order valence-corrected chi connectivity index (χ0v) is 12.4. The molecule has 4 nitrogen and oxygen atoms in total. The lowest BCUT2D eigenvalue weighted by molar-refractivity contribution is 0.637. The number of hydrogen-bond donors (Lipinski definition) is 1. The molecule has 0 saturated heterocycles. The normalized spacial score (nSPS) is 16.5. The molecule has 1 fully saturated rings. The number of nitrogens with zero attached hydrogens (tertiary/aromatic N) is 3. The Balaban J connectivity index is 1.94. The number of hydrogen-bond acceptors (Lipinski definition) is 4. The van der Waals surface area contributed by atoms with Crippen molar-refractivity contribution in [3.63, 3.8) is 0 Å². The number of fused-ring (bicyclic) bond motifs is 1. The molecule has 1 aliphatic rings. The van der Waals surface area contributed by atoms with Gasteiger partial charge >= 0.3 is 0 Å². The lowest BCUT2D eigenvalue weighted by Crippen LogP contribution is -2.04. The first kappa shape index (κ1) is 12.9. The highest BCUT2D eigenvalue weighted by atomic mass is 32.1. The molecule has 2 N–H and O–H groups in total. The Morgan fingerprint density at radius 1 is 1.38 bits per heavy atom. The SMILES string of the molecule is CC(N)c1nc(-c2nc3c(F)cccc3n2C2CC2)cs1. The summed E-state index contributed by atoms with van der Waals surface area (Å²) in [5.41, 5.74) is 7.94. The largest absolute Gasteiger partial charge is 0.322 e. The maximum Gasteiger partial charge on any atom is 0.161 e. The van der Waals surface area contributed by atoms with Crippen molar-refractivity contribution in [2.45, 2.75) is 31.8 Å². The van der Waals surface area contributed by atoms with Gasteiger partial charge in [0.2, 0.25) is 0 Å². The number of thiazole rings is 1. The highest BCUT2D eigenvalue weighted by Crippen LogP contribution is 2.41. The van der Waals surface area contributed by atoms with Crippen molar-refractivity contribution in [3.8, 4) is 11.5 Å². The second-order valence-corrected chi connectivity index (χ2v) is 6.39. The number of rotatable bonds is 3. The summed E-state index contributed by atoms with van der Waals surface area (Å²) in [6.45, 7) is 1.91. The summed E-state index contributed by atoms with van der Waals surface area (Å²) >= 11 is 1.52. The molecule has 0 amide bonds. The fourth-order valence-electron chi connectivity index (χ4n) is 2.57. The Hall–Kier alpha value is -1.79. The molecule has 0 radical (unpaired) electrons. The number of para-hydroxylation sites is 1. The molecule has 1 atom stereocenters. The zero-order chi connectivity index (χ0) is 14.6. The number of imidazole rings is 1. The maximum absolute atomic E-state index is 14.0. The minimum Gasteiger partial charge on any atom is -0.322 e. The fraction of sp³-hybridized carbons (Fsp3) is 0.333. The standard InChI is InChI=1S/C15H15FN4S/c1-8(17)15-18-11(7-21-15)14-19-13-10(16)3-2-4-12(13)20(14)9-5-6-9/h2-4,7-9H,5-6,17H2,1H3. The molecule has 1 saturated carbocycles. The predicted molar refractivity (Wildman–Crippen MR) is 81.7 cm³/mol. The van der Waals surface area contributed by atoms with Crippen molar-refractivity contribution in [3.05, 3.63) is 34.4 Å². The van der Waals surface area contributed by atoms with E-state index in [-0.39, 0.29) is 11.9 Å². The van der Waals surface area contributed by atoms with E-state index < -0.39 is 0 Å². The smallest absolute Gasteiger partial charge is 0.161 e. The minimum atomic E-state index is -0.282. The van der Waals surface area contributed by atoms with Crippen LogP contribution in [0.25, 0.3) is 22.6 Å². The van der Waals surface area contributed by atoms with Gasteiger partial charge in [-0.15, -0.1) is 11.3 Å². The van der Waals surface area contributed by atoms with Crippen molar-refractivity contribution >= 4 is 22.4 Å². The van der Waals surface area contributed by atoms with E-state index in [1.807, 2.05) is 18.4 Å². The zero-order valence-electron chi connectivity index (χ0n) is 11.6. The first-order valence-corrected chi connectivity index (χ1v) is 7.91. The maximum atomic E-state index is 14.0. The first-order chi connectivity index (χ1) is 10.1. The monoisotopic (exact) mass is 302 g/mol. The highest BCUT2D eigenvalue weighted by molar-refractivity contribution is 7.10. The third-order valence-electron chi connectivity index (χ3n) is 3.72. The van der Waals surface area contributed by atoms with Crippen LogP contribution in [0.5, 0.6) is 0 Å². The highest BCUT2D eigenvalue weighted by Gasteiger charge is 2.30. The quantitative estimate of drug-likeness (QED) is 0.803. The van der Waals surface area contributed by atoms with Crippen LogP contribution in [0.1, 0.15) is 36.9 Å². The van der Waals surface area contributed by atoms with Gasteiger partial charge in [0.1, 0.15) is 16.2 Å². The van der Waals surface area contributed by atoms with E-state index in [4.69, 9.17) is 5.73 Å². The number of aromatic nitrogens is 3. The summed E-state index contributed by atoms with van der Waals surface area (Å²) in [5, 5.41) is 2.83. The van der Waals surface area contributed by atoms with Crippen LogP contribution in [0.2, 0.25) is 0 Å². The summed E-state index contributed by atoms with van der Waals surface area (Å²) in [6, 6.07) is 5.42. The van der Waals surface area contributed by atoms with Crippen LogP contribution in [0.3, 0.4) is 0 Å². The molecule has 1 unspecified atom stereocenters. The van der Waals surface area contributed by atoms with Gasteiger partial charge in [-0.25, -0.2) is 14.4 Å². The third kappa shape index (κ3) is 2.06. The average molecular weight is 302 g/mol. The van der Waals surface area contributed by atoms with Gasteiger partial charge in [-0.3, -0.25) is 0 Å². The van der Waals surface area contributed by atoms with Crippen LogP contribution in [-0.4, -0.2) is 14.5 Å². The number of nitrogens with two attached hydrogens (primary N) is 1. The third-order valence-corrected chi connectivity index (χ3v) is 4.77. The molecule has 0 bridgehead atoms. The van der Waals surface area contributed by atoms with Crippen molar-refractivity contribution in [2.75, 3.05) is 0 Å². The molecule has 1 aliphatic carbocycles. The van der Waals surface area contributed by atoms with Crippen molar-refractivity contribution in [1.29, 1.82) is 0 Å². The molecule has 3 aromatic rings. The van der Waals surface area contributed by atoms with Crippen LogP contribution in [0.4, 0.5) is 4.39 Å². The van der Waals surface area contributed by atoms with Crippen LogP contribution in [0.15, 0.2) is 23.6 Å².